The van der Waals surface area contributed by atoms with Crippen LogP contribution >= 0.6 is 11.8 Å². The molecule has 0 fully saturated rings. The highest BCUT2D eigenvalue weighted by molar-refractivity contribution is 7.98. The molecule has 106 valence electrons. The van der Waals surface area contributed by atoms with Crippen LogP contribution in [0, 0.1) is 6.92 Å². The molecule has 0 saturated carbocycles. The average Bonchev–Trinajstić information content (AvgIpc) is 2.44. The zero-order valence-corrected chi connectivity index (χ0v) is 12.7. The van der Waals surface area contributed by atoms with E-state index in [0.717, 1.165) is 36.0 Å². The number of anilines is 1. The van der Waals surface area contributed by atoms with E-state index in [2.05, 4.69) is 31.2 Å². The first-order chi connectivity index (χ1) is 9.75. The molecule has 0 heterocycles. The Hall–Kier alpha value is -1.61. The van der Waals surface area contributed by atoms with Crippen LogP contribution in [0.5, 0.6) is 5.75 Å². The normalized spacial score (nSPS) is 10.4. The summed E-state index contributed by atoms with van der Waals surface area (Å²) < 4.78 is 5.67. The zero-order chi connectivity index (χ0) is 14.2. The smallest absolute Gasteiger partial charge is 0.121 e. The standard InChI is InChI=1S/C17H21NOS/c1-14-6-2-3-7-15(14)13-20-11-5-10-19-17-9-4-8-16(18)12-17/h2-4,6-9,12H,5,10-11,13,18H2,1H3. The fraction of sp³-hybridized carbons (Fsp3) is 0.294. The summed E-state index contributed by atoms with van der Waals surface area (Å²) >= 11 is 1.95. The van der Waals surface area contributed by atoms with E-state index in [4.69, 9.17) is 10.5 Å². The zero-order valence-electron chi connectivity index (χ0n) is 11.8. The van der Waals surface area contributed by atoms with E-state index in [9.17, 15) is 0 Å². The van der Waals surface area contributed by atoms with Crippen molar-refractivity contribution >= 4 is 17.4 Å². The molecule has 2 nitrogen and oxygen atoms in total. The molecule has 0 radical (unpaired) electrons. The third-order valence-electron chi connectivity index (χ3n) is 3.08. The second kappa shape index (κ2) is 7.85. The van der Waals surface area contributed by atoms with Crippen molar-refractivity contribution in [2.24, 2.45) is 0 Å². The quantitative estimate of drug-likeness (QED) is 0.610. The Morgan fingerprint density at radius 2 is 1.95 bits per heavy atom. The number of nitrogens with two attached hydrogens (primary N) is 1. The van der Waals surface area contributed by atoms with Gasteiger partial charge in [-0.3, -0.25) is 0 Å². The van der Waals surface area contributed by atoms with Gasteiger partial charge in [0.15, 0.2) is 0 Å². The summed E-state index contributed by atoms with van der Waals surface area (Å²) in [4.78, 5) is 0. The van der Waals surface area contributed by atoms with Gasteiger partial charge in [-0.05, 0) is 42.4 Å². The van der Waals surface area contributed by atoms with Crippen molar-refractivity contribution in [3.8, 4) is 5.75 Å². The van der Waals surface area contributed by atoms with Gasteiger partial charge in [0.25, 0.3) is 0 Å². The highest BCUT2D eigenvalue weighted by Gasteiger charge is 1.98. The minimum absolute atomic E-state index is 0.740. The summed E-state index contributed by atoms with van der Waals surface area (Å²) in [7, 11) is 0. The Labute approximate surface area is 125 Å². The van der Waals surface area contributed by atoms with Gasteiger partial charge in [0.05, 0.1) is 6.61 Å². The van der Waals surface area contributed by atoms with Gasteiger partial charge in [-0.1, -0.05) is 30.3 Å². The fourth-order valence-electron chi connectivity index (χ4n) is 1.91. The molecule has 0 saturated heterocycles. The Balaban J connectivity index is 1.61. The molecule has 0 atom stereocenters. The van der Waals surface area contributed by atoms with Crippen molar-refractivity contribution in [1.82, 2.24) is 0 Å². The van der Waals surface area contributed by atoms with E-state index in [1.807, 2.05) is 36.0 Å². The Kier molecular flexibility index (Phi) is 5.81. The van der Waals surface area contributed by atoms with Crippen molar-refractivity contribution in [2.75, 3.05) is 18.1 Å². The molecule has 0 aliphatic rings. The number of aryl methyl sites for hydroxylation is 1. The molecule has 0 spiro atoms. The first-order valence-electron chi connectivity index (χ1n) is 6.86. The second-order valence-electron chi connectivity index (χ2n) is 4.75. The molecule has 0 aromatic heterocycles. The van der Waals surface area contributed by atoms with Crippen LogP contribution in [0.3, 0.4) is 0 Å². The minimum atomic E-state index is 0.740. The summed E-state index contributed by atoms with van der Waals surface area (Å²) in [6.45, 7) is 2.91. The van der Waals surface area contributed by atoms with Crippen LogP contribution in [0.2, 0.25) is 0 Å². The molecule has 2 aromatic carbocycles. The van der Waals surface area contributed by atoms with Gasteiger partial charge in [-0.15, -0.1) is 0 Å². The minimum Gasteiger partial charge on any atom is -0.493 e. The van der Waals surface area contributed by atoms with Gasteiger partial charge in [0, 0.05) is 17.5 Å². The second-order valence-corrected chi connectivity index (χ2v) is 5.86. The lowest BCUT2D eigenvalue weighted by molar-refractivity contribution is 0.319. The van der Waals surface area contributed by atoms with Crippen molar-refractivity contribution in [3.05, 3.63) is 59.7 Å². The highest BCUT2D eigenvalue weighted by Crippen LogP contribution is 2.17. The molecule has 20 heavy (non-hydrogen) atoms. The van der Waals surface area contributed by atoms with E-state index < -0.39 is 0 Å². The van der Waals surface area contributed by atoms with Crippen molar-refractivity contribution < 1.29 is 4.74 Å². The number of ether oxygens (including phenoxy) is 1. The van der Waals surface area contributed by atoms with Crippen molar-refractivity contribution in [1.29, 1.82) is 0 Å². The number of nitrogen functional groups attached to an aromatic ring is 1. The molecule has 2 aromatic rings. The molecule has 0 aliphatic carbocycles. The summed E-state index contributed by atoms with van der Waals surface area (Å²) in [5.41, 5.74) is 9.25. The van der Waals surface area contributed by atoms with Crippen LogP contribution in [0.4, 0.5) is 5.69 Å². The third-order valence-corrected chi connectivity index (χ3v) is 4.17. The van der Waals surface area contributed by atoms with Crippen molar-refractivity contribution in [2.45, 2.75) is 19.1 Å². The van der Waals surface area contributed by atoms with Crippen LogP contribution in [0.25, 0.3) is 0 Å². The first kappa shape index (κ1) is 14.8. The fourth-order valence-corrected chi connectivity index (χ4v) is 2.92. The van der Waals surface area contributed by atoms with E-state index in [0.29, 0.717) is 0 Å². The number of hydrogen-bond donors (Lipinski definition) is 1. The maximum atomic E-state index is 5.70. The molecular formula is C17H21NOS. The topological polar surface area (TPSA) is 35.2 Å². The van der Waals surface area contributed by atoms with Gasteiger partial charge in [-0.2, -0.15) is 11.8 Å². The molecule has 2 N–H and O–H groups in total. The molecule has 0 amide bonds. The summed E-state index contributed by atoms with van der Waals surface area (Å²) in [6.07, 6.45) is 1.05. The first-order valence-corrected chi connectivity index (χ1v) is 8.02. The maximum absolute atomic E-state index is 5.70. The SMILES string of the molecule is Cc1ccccc1CSCCCOc1cccc(N)c1. The summed E-state index contributed by atoms with van der Waals surface area (Å²) in [6, 6.07) is 16.1. The number of hydrogen-bond acceptors (Lipinski definition) is 3. The number of rotatable bonds is 7. The van der Waals surface area contributed by atoms with Gasteiger partial charge in [0.2, 0.25) is 0 Å². The van der Waals surface area contributed by atoms with E-state index in [1.165, 1.54) is 11.1 Å². The lowest BCUT2D eigenvalue weighted by Crippen LogP contribution is -1.99. The average molecular weight is 287 g/mol. The molecule has 3 heteroatoms. The Morgan fingerprint density at radius 1 is 1.10 bits per heavy atom. The lowest BCUT2D eigenvalue weighted by Gasteiger charge is -2.07. The van der Waals surface area contributed by atoms with E-state index >= 15 is 0 Å². The lowest BCUT2D eigenvalue weighted by atomic mass is 10.1. The Morgan fingerprint density at radius 3 is 2.75 bits per heavy atom. The van der Waals surface area contributed by atoms with Crippen LogP contribution in [0.1, 0.15) is 17.5 Å². The van der Waals surface area contributed by atoms with Gasteiger partial charge in [-0.25, -0.2) is 0 Å². The largest absolute Gasteiger partial charge is 0.493 e. The number of benzene rings is 2. The Bertz CT molecular complexity index is 542. The summed E-state index contributed by atoms with van der Waals surface area (Å²) in [5, 5.41) is 0. The van der Waals surface area contributed by atoms with Crippen LogP contribution < -0.4 is 10.5 Å². The highest BCUT2D eigenvalue weighted by atomic mass is 32.2. The number of thioether (sulfide) groups is 1. The molecule has 0 aliphatic heterocycles. The van der Waals surface area contributed by atoms with Gasteiger partial charge < -0.3 is 10.5 Å². The van der Waals surface area contributed by atoms with Crippen LogP contribution in [-0.2, 0) is 5.75 Å². The van der Waals surface area contributed by atoms with Crippen LogP contribution in [0.15, 0.2) is 48.5 Å². The molecule has 0 bridgehead atoms. The third kappa shape index (κ3) is 4.82. The van der Waals surface area contributed by atoms with Gasteiger partial charge >= 0.3 is 0 Å². The summed E-state index contributed by atoms with van der Waals surface area (Å²) in [5.74, 6) is 3.04. The van der Waals surface area contributed by atoms with Crippen molar-refractivity contribution in [3.63, 3.8) is 0 Å². The van der Waals surface area contributed by atoms with Crippen LogP contribution in [-0.4, -0.2) is 12.4 Å². The monoisotopic (exact) mass is 287 g/mol. The predicted octanol–water partition coefficient (Wildman–Crippen LogP) is 4.28. The molecule has 0 unspecified atom stereocenters. The molecule has 2 rings (SSSR count). The van der Waals surface area contributed by atoms with E-state index in [1.54, 1.807) is 0 Å². The predicted molar refractivity (Wildman–Crippen MR) is 88.3 cm³/mol. The van der Waals surface area contributed by atoms with E-state index in [-0.39, 0.29) is 0 Å². The molecular weight excluding hydrogens is 266 g/mol. The maximum Gasteiger partial charge on any atom is 0.121 e. The van der Waals surface area contributed by atoms with Gasteiger partial charge in [0.1, 0.15) is 5.75 Å².